The highest BCUT2D eigenvalue weighted by Crippen LogP contribution is 2.11. The number of halogens is 1. The van der Waals surface area contributed by atoms with Crippen LogP contribution >= 0.6 is 0 Å². The van der Waals surface area contributed by atoms with Gasteiger partial charge in [-0.05, 0) is 38.5 Å². The number of hydrogen-bond donors (Lipinski definition) is 3. The van der Waals surface area contributed by atoms with Gasteiger partial charge in [-0.25, -0.2) is 9.18 Å². The van der Waals surface area contributed by atoms with E-state index in [0.29, 0.717) is 5.56 Å². The second kappa shape index (κ2) is 5.69. The van der Waals surface area contributed by atoms with Crippen LogP contribution in [0.3, 0.4) is 0 Å². The lowest BCUT2D eigenvalue weighted by atomic mass is 10.1. The number of ether oxygens (including phenoxy) is 1. The lowest BCUT2D eigenvalue weighted by molar-refractivity contribution is 0.0523. The number of carbonyl (C=O) groups excluding carboxylic acids is 1. The molecule has 0 aliphatic rings. The Morgan fingerprint density at radius 2 is 2.11 bits per heavy atom. The molecule has 4 N–H and O–H groups in total. The number of nitrogens with one attached hydrogen (secondary N) is 2. The fourth-order valence-electron chi connectivity index (χ4n) is 1.38. The number of hydrogen-bond acceptors (Lipinski definition) is 3. The van der Waals surface area contributed by atoms with E-state index in [1.807, 2.05) is 0 Å². The van der Waals surface area contributed by atoms with Crippen LogP contribution in [0.1, 0.15) is 31.9 Å². The summed E-state index contributed by atoms with van der Waals surface area (Å²) in [7, 11) is 0. The number of nitrogens with two attached hydrogens (primary N) is 1. The van der Waals surface area contributed by atoms with Gasteiger partial charge in [-0.15, -0.1) is 0 Å². The van der Waals surface area contributed by atoms with Crippen molar-refractivity contribution in [3.63, 3.8) is 0 Å². The van der Waals surface area contributed by atoms with E-state index in [-0.39, 0.29) is 17.9 Å². The molecule has 0 fully saturated rings. The Balaban J connectivity index is 2.62. The van der Waals surface area contributed by atoms with E-state index in [1.54, 1.807) is 26.8 Å². The van der Waals surface area contributed by atoms with Gasteiger partial charge < -0.3 is 15.8 Å². The zero-order valence-corrected chi connectivity index (χ0v) is 11.2. The monoisotopic (exact) mass is 267 g/mol. The maximum atomic E-state index is 13.5. The molecule has 5 nitrogen and oxygen atoms in total. The molecular weight excluding hydrogens is 249 g/mol. The Kier molecular flexibility index (Phi) is 4.47. The third-order valence-corrected chi connectivity index (χ3v) is 2.16. The molecule has 1 aromatic carbocycles. The van der Waals surface area contributed by atoms with E-state index in [1.165, 1.54) is 12.1 Å². The number of rotatable bonds is 3. The van der Waals surface area contributed by atoms with Crippen molar-refractivity contribution in [2.24, 2.45) is 5.73 Å². The molecule has 0 aliphatic heterocycles. The molecule has 0 spiro atoms. The maximum absolute atomic E-state index is 13.5. The van der Waals surface area contributed by atoms with E-state index in [2.05, 4.69) is 5.32 Å². The summed E-state index contributed by atoms with van der Waals surface area (Å²) in [6, 6.07) is 4.23. The van der Waals surface area contributed by atoms with Crippen molar-refractivity contribution in [2.75, 3.05) is 0 Å². The van der Waals surface area contributed by atoms with Gasteiger partial charge in [0.25, 0.3) is 0 Å². The molecule has 0 saturated carbocycles. The third kappa shape index (κ3) is 4.95. The van der Waals surface area contributed by atoms with Crippen molar-refractivity contribution in [2.45, 2.75) is 32.9 Å². The van der Waals surface area contributed by atoms with Crippen LogP contribution < -0.4 is 11.1 Å². The summed E-state index contributed by atoms with van der Waals surface area (Å²) >= 11 is 0. The van der Waals surface area contributed by atoms with Crippen molar-refractivity contribution >= 4 is 11.9 Å². The average molecular weight is 267 g/mol. The van der Waals surface area contributed by atoms with Crippen molar-refractivity contribution < 1.29 is 13.9 Å². The molecule has 1 rings (SSSR count). The Labute approximate surface area is 111 Å². The third-order valence-electron chi connectivity index (χ3n) is 2.16. The first-order chi connectivity index (χ1) is 8.69. The van der Waals surface area contributed by atoms with E-state index in [0.717, 1.165) is 0 Å². The summed E-state index contributed by atoms with van der Waals surface area (Å²) in [5.41, 5.74) is 5.24. The fraction of sp³-hybridized carbons (Fsp3) is 0.385. The summed E-state index contributed by atoms with van der Waals surface area (Å²) in [6.45, 7) is 5.42. The number of amides is 1. The summed E-state index contributed by atoms with van der Waals surface area (Å²) in [6.07, 6.45) is -0.566. The molecule has 1 amide bonds. The van der Waals surface area contributed by atoms with Gasteiger partial charge in [0.2, 0.25) is 0 Å². The largest absolute Gasteiger partial charge is 0.444 e. The van der Waals surface area contributed by atoms with Crippen LogP contribution in [0.25, 0.3) is 0 Å². The Morgan fingerprint density at radius 3 is 2.58 bits per heavy atom. The number of carbonyl (C=O) groups is 1. The van der Waals surface area contributed by atoms with E-state index in [4.69, 9.17) is 15.9 Å². The van der Waals surface area contributed by atoms with Gasteiger partial charge in [0.1, 0.15) is 17.3 Å². The molecule has 1 aromatic rings. The highest BCUT2D eigenvalue weighted by atomic mass is 19.1. The average Bonchev–Trinajstić information content (AvgIpc) is 2.23. The zero-order chi connectivity index (χ0) is 14.6. The van der Waals surface area contributed by atoms with Gasteiger partial charge in [0, 0.05) is 6.54 Å². The van der Waals surface area contributed by atoms with Crippen LogP contribution in [0, 0.1) is 11.2 Å². The Bertz CT molecular complexity index is 495. The van der Waals surface area contributed by atoms with Crippen LogP contribution in [0.2, 0.25) is 0 Å². The minimum absolute atomic E-state index is 0.0426. The maximum Gasteiger partial charge on any atom is 0.407 e. The predicted octanol–water partition coefficient (Wildman–Crippen LogP) is 2.13. The van der Waals surface area contributed by atoms with Crippen LogP contribution in [0.15, 0.2) is 18.2 Å². The highest BCUT2D eigenvalue weighted by Gasteiger charge is 2.15. The fourth-order valence-corrected chi connectivity index (χ4v) is 1.38. The normalized spacial score (nSPS) is 10.9. The van der Waals surface area contributed by atoms with Gasteiger partial charge in [-0.3, -0.25) is 5.41 Å². The van der Waals surface area contributed by atoms with Gasteiger partial charge in [0.05, 0.1) is 5.56 Å². The van der Waals surface area contributed by atoms with Crippen molar-refractivity contribution in [1.29, 1.82) is 5.41 Å². The van der Waals surface area contributed by atoms with Crippen LogP contribution in [-0.2, 0) is 11.3 Å². The van der Waals surface area contributed by atoms with E-state index in [9.17, 15) is 9.18 Å². The van der Waals surface area contributed by atoms with E-state index >= 15 is 0 Å². The standard InChI is InChI=1S/C13H18FN3O2/c1-13(2,3)19-12(18)17-7-8-4-5-9(11(15)16)10(14)6-8/h4-6H,7H2,1-3H3,(H3,15,16)(H,17,18). The van der Waals surface area contributed by atoms with E-state index < -0.39 is 17.5 Å². The Morgan fingerprint density at radius 1 is 1.47 bits per heavy atom. The van der Waals surface area contributed by atoms with Crippen LogP contribution in [0.5, 0.6) is 0 Å². The first kappa shape index (κ1) is 14.9. The molecule has 0 saturated heterocycles. The number of alkyl carbamates (subject to hydrolysis) is 1. The summed E-state index contributed by atoms with van der Waals surface area (Å²) in [5, 5.41) is 9.68. The lowest BCUT2D eigenvalue weighted by Gasteiger charge is -2.19. The van der Waals surface area contributed by atoms with Gasteiger partial charge >= 0.3 is 6.09 Å². The SMILES string of the molecule is CC(C)(C)OC(=O)NCc1ccc(C(=N)N)c(F)c1. The van der Waals surface area contributed by atoms with Gasteiger partial charge in [-0.2, -0.15) is 0 Å². The van der Waals surface area contributed by atoms with Gasteiger partial charge in [-0.1, -0.05) is 6.07 Å². The molecule has 6 heteroatoms. The number of nitrogen functional groups attached to an aromatic ring is 1. The minimum Gasteiger partial charge on any atom is -0.444 e. The molecule has 19 heavy (non-hydrogen) atoms. The molecule has 104 valence electrons. The summed E-state index contributed by atoms with van der Waals surface area (Å²) < 4.78 is 18.6. The molecule has 0 aromatic heterocycles. The second-order valence-corrected chi connectivity index (χ2v) is 5.08. The lowest BCUT2D eigenvalue weighted by Crippen LogP contribution is -2.32. The summed E-state index contributed by atoms with van der Waals surface area (Å²) in [4.78, 5) is 11.4. The van der Waals surface area contributed by atoms with Crippen LogP contribution in [0.4, 0.5) is 9.18 Å². The quantitative estimate of drug-likeness (QED) is 0.579. The molecule has 0 unspecified atom stereocenters. The second-order valence-electron chi connectivity index (χ2n) is 5.08. The van der Waals surface area contributed by atoms with Crippen LogP contribution in [-0.4, -0.2) is 17.5 Å². The summed E-state index contributed by atoms with van der Waals surface area (Å²) in [5.74, 6) is -0.917. The number of amidine groups is 1. The van der Waals surface area contributed by atoms with Crippen molar-refractivity contribution in [3.8, 4) is 0 Å². The molecule has 0 heterocycles. The number of benzene rings is 1. The topological polar surface area (TPSA) is 88.2 Å². The first-order valence-corrected chi connectivity index (χ1v) is 5.79. The minimum atomic E-state index is -0.587. The molecule has 0 aliphatic carbocycles. The van der Waals surface area contributed by atoms with Crippen molar-refractivity contribution in [1.82, 2.24) is 5.32 Å². The predicted molar refractivity (Wildman–Crippen MR) is 70.5 cm³/mol. The van der Waals surface area contributed by atoms with Gasteiger partial charge in [0.15, 0.2) is 0 Å². The zero-order valence-electron chi connectivity index (χ0n) is 11.2. The first-order valence-electron chi connectivity index (χ1n) is 5.79. The molecule has 0 atom stereocenters. The highest BCUT2D eigenvalue weighted by molar-refractivity contribution is 5.95. The molecular formula is C13H18FN3O2. The Hall–Kier alpha value is -2.11. The van der Waals surface area contributed by atoms with Crippen molar-refractivity contribution in [3.05, 3.63) is 35.1 Å². The smallest absolute Gasteiger partial charge is 0.407 e. The molecule has 0 radical (unpaired) electrons. The molecule has 0 bridgehead atoms.